The minimum Gasteiger partial charge on any atom is -0.467 e. The minimum atomic E-state index is -0.664. The van der Waals surface area contributed by atoms with Crippen molar-refractivity contribution in [1.82, 2.24) is 5.32 Å². The van der Waals surface area contributed by atoms with Gasteiger partial charge in [-0.15, -0.1) is 0 Å². The van der Waals surface area contributed by atoms with Gasteiger partial charge in [0.15, 0.2) is 0 Å². The summed E-state index contributed by atoms with van der Waals surface area (Å²) in [6.45, 7) is 7.52. The second kappa shape index (κ2) is 7.44. The molecule has 0 aromatic rings. The van der Waals surface area contributed by atoms with E-state index in [9.17, 15) is 9.59 Å². The molecule has 92 valence electrons. The molecule has 0 radical (unpaired) electrons. The quantitative estimate of drug-likeness (QED) is 0.762. The van der Waals surface area contributed by atoms with Gasteiger partial charge in [-0.2, -0.15) is 0 Å². The number of ether oxygens (including phenoxy) is 1. The number of carbonyl (C=O) groups excluding carboxylic acids is 2. The van der Waals surface area contributed by atoms with E-state index in [1.54, 1.807) is 0 Å². The van der Waals surface area contributed by atoms with Gasteiger partial charge in [0.05, 0.1) is 7.11 Å². The molecule has 1 atom stereocenters. The van der Waals surface area contributed by atoms with Gasteiger partial charge >= 0.3 is 5.97 Å². The maximum absolute atomic E-state index is 11.5. The number of carbonyl (C=O) groups is 2. The fourth-order valence-corrected chi connectivity index (χ4v) is 1.50. The predicted octanol–water partition coefficient (Wildman–Crippen LogP) is 1.99. The van der Waals surface area contributed by atoms with Crippen LogP contribution in [0, 0.1) is 5.92 Å². The Kier molecular flexibility index (Phi) is 7.05. The third-order valence-corrected chi connectivity index (χ3v) is 2.16. The average molecular weight is 292 g/mol. The first-order valence-electron chi connectivity index (χ1n) is 5.07. The van der Waals surface area contributed by atoms with E-state index in [0.29, 0.717) is 17.3 Å². The maximum Gasteiger partial charge on any atom is 0.328 e. The van der Waals surface area contributed by atoms with Gasteiger partial charge in [-0.25, -0.2) is 4.79 Å². The van der Waals surface area contributed by atoms with Crippen molar-refractivity contribution in [3.63, 3.8) is 0 Å². The monoisotopic (exact) mass is 291 g/mol. The van der Waals surface area contributed by atoms with Crippen LogP contribution in [0.2, 0.25) is 0 Å². The number of rotatable bonds is 6. The van der Waals surface area contributed by atoms with Gasteiger partial charge in [-0.1, -0.05) is 36.4 Å². The van der Waals surface area contributed by atoms with E-state index in [1.807, 2.05) is 13.8 Å². The third kappa shape index (κ3) is 6.61. The summed E-state index contributed by atoms with van der Waals surface area (Å²) in [6.07, 6.45) is 0.721. The van der Waals surface area contributed by atoms with Gasteiger partial charge in [0.25, 0.3) is 0 Å². The van der Waals surface area contributed by atoms with E-state index in [4.69, 9.17) is 0 Å². The SMILES string of the molecule is C=C(Br)C[C@H](NC(=O)CC(C)C)C(=O)OC. The Morgan fingerprint density at radius 3 is 2.31 bits per heavy atom. The summed E-state index contributed by atoms with van der Waals surface area (Å²) in [7, 11) is 1.29. The summed E-state index contributed by atoms with van der Waals surface area (Å²) < 4.78 is 5.25. The van der Waals surface area contributed by atoms with E-state index in [-0.39, 0.29) is 11.8 Å². The number of nitrogens with one attached hydrogen (secondary N) is 1. The molecule has 0 heterocycles. The smallest absolute Gasteiger partial charge is 0.328 e. The standard InChI is InChI=1S/C11H18BrNO3/c1-7(2)5-10(14)13-9(6-8(3)12)11(15)16-4/h7,9H,3,5-6H2,1-2,4H3,(H,13,14)/t9-/m0/s1. The Morgan fingerprint density at radius 2 is 1.94 bits per heavy atom. The molecule has 0 aliphatic heterocycles. The van der Waals surface area contributed by atoms with Crippen LogP contribution in [0.3, 0.4) is 0 Å². The predicted molar refractivity (Wildman–Crippen MR) is 66.1 cm³/mol. The fraction of sp³-hybridized carbons (Fsp3) is 0.636. The lowest BCUT2D eigenvalue weighted by atomic mass is 10.1. The zero-order valence-corrected chi connectivity index (χ0v) is 11.5. The second-order valence-electron chi connectivity index (χ2n) is 3.96. The topological polar surface area (TPSA) is 55.4 Å². The molecule has 5 heteroatoms. The number of halogens is 1. The molecule has 0 spiro atoms. The van der Waals surface area contributed by atoms with Crippen LogP contribution in [0.5, 0.6) is 0 Å². The van der Waals surface area contributed by atoms with Crippen LogP contribution in [0.25, 0.3) is 0 Å². The summed E-state index contributed by atoms with van der Waals surface area (Å²) in [5, 5.41) is 2.63. The molecule has 0 aromatic carbocycles. The van der Waals surface area contributed by atoms with Crippen LogP contribution in [0.15, 0.2) is 11.1 Å². The molecule has 0 aromatic heterocycles. The number of esters is 1. The van der Waals surface area contributed by atoms with Crippen LogP contribution in [0.1, 0.15) is 26.7 Å². The van der Waals surface area contributed by atoms with Gasteiger partial charge < -0.3 is 10.1 Å². The van der Waals surface area contributed by atoms with Gasteiger partial charge in [-0.05, 0) is 10.4 Å². The zero-order valence-electron chi connectivity index (χ0n) is 9.88. The first-order chi connectivity index (χ1) is 7.36. The molecule has 4 nitrogen and oxygen atoms in total. The minimum absolute atomic E-state index is 0.154. The summed E-state index contributed by atoms with van der Waals surface area (Å²) in [6, 6.07) is -0.664. The summed E-state index contributed by atoms with van der Waals surface area (Å²) in [5.74, 6) is -0.359. The van der Waals surface area contributed by atoms with Crippen LogP contribution in [0.4, 0.5) is 0 Å². The van der Waals surface area contributed by atoms with Crippen molar-refractivity contribution in [3.05, 3.63) is 11.1 Å². The van der Waals surface area contributed by atoms with E-state index in [1.165, 1.54) is 7.11 Å². The highest BCUT2D eigenvalue weighted by atomic mass is 79.9. The Labute approximate surface area is 105 Å². The van der Waals surface area contributed by atoms with Crippen molar-refractivity contribution < 1.29 is 14.3 Å². The normalized spacial score (nSPS) is 12.1. The highest BCUT2D eigenvalue weighted by Gasteiger charge is 2.21. The van der Waals surface area contributed by atoms with Crippen molar-refractivity contribution in [3.8, 4) is 0 Å². The molecule has 16 heavy (non-hydrogen) atoms. The number of hydrogen-bond acceptors (Lipinski definition) is 3. The highest BCUT2D eigenvalue weighted by molar-refractivity contribution is 9.11. The molecule has 0 fully saturated rings. The molecular formula is C11H18BrNO3. The molecule has 0 aliphatic rings. The van der Waals surface area contributed by atoms with E-state index in [2.05, 4.69) is 32.6 Å². The molecule has 0 unspecified atom stereocenters. The zero-order chi connectivity index (χ0) is 12.7. The van der Waals surface area contributed by atoms with Crippen LogP contribution >= 0.6 is 15.9 Å². The number of hydrogen-bond donors (Lipinski definition) is 1. The average Bonchev–Trinajstić information content (AvgIpc) is 2.13. The van der Waals surface area contributed by atoms with Crippen molar-refractivity contribution >= 4 is 27.8 Å². The van der Waals surface area contributed by atoms with Crippen molar-refractivity contribution in [2.75, 3.05) is 7.11 Å². The van der Waals surface area contributed by atoms with Crippen molar-refractivity contribution in [1.29, 1.82) is 0 Å². The Balaban J connectivity index is 4.36. The van der Waals surface area contributed by atoms with E-state index >= 15 is 0 Å². The van der Waals surface area contributed by atoms with Crippen LogP contribution in [-0.4, -0.2) is 25.0 Å². The van der Waals surface area contributed by atoms with Crippen LogP contribution in [-0.2, 0) is 14.3 Å². The van der Waals surface area contributed by atoms with Gasteiger partial charge in [0, 0.05) is 12.8 Å². The lowest BCUT2D eigenvalue weighted by molar-refractivity contribution is -0.145. The van der Waals surface area contributed by atoms with Gasteiger partial charge in [0.2, 0.25) is 5.91 Å². The first-order valence-corrected chi connectivity index (χ1v) is 5.86. The van der Waals surface area contributed by atoms with Crippen molar-refractivity contribution in [2.45, 2.75) is 32.7 Å². The van der Waals surface area contributed by atoms with Crippen LogP contribution < -0.4 is 5.32 Å². The summed E-state index contributed by atoms with van der Waals surface area (Å²) >= 11 is 3.16. The highest BCUT2D eigenvalue weighted by Crippen LogP contribution is 2.11. The Hall–Kier alpha value is -0.840. The summed E-state index contributed by atoms with van der Waals surface area (Å²) in [5.41, 5.74) is 0. The van der Waals surface area contributed by atoms with Crippen molar-refractivity contribution in [2.24, 2.45) is 5.92 Å². The third-order valence-electron chi connectivity index (χ3n) is 1.84. The first kappa shape index (κ1) is 15.2. The Bertz CT molecular complexity index is 276. The van der Waals surface area contributed by atoms with E-state index < -0.39 is 12.0 Å². The number of amides is 1. The molecule has 1 N–H and O–H groups in total. The lowest BCUT2D eigenvalue weighted by Crippen LogP contribution is -2.41. The Morgan fingerprint density at radius 1 is 1.38 bits per heavy atom. The fourth-order valence-electron chi connectivity index (χ4n) is 1.18. The van der Waals surface area contributed by atoms with E-state index in [0.717, 1.165) is 0 Å². The molecule has 0 saturated heterocycles. The second-order valence-corrected chi connectivity index (χ2v) is 5.08. The molecule has 0 rings (SSSR count). The number of methoxy groups -OCH3 is 1. The van der Waals surface area contributed by atoms with Gasteiger partial charge in [0.1, 0.15) is 6.04 Å². The molecule has 1 amide bonds. The lowest BCUT2D eigenvalue weighted by Gasteiger charge is -2.16. The molecular weight excluding hydrogens is 274 g/mol. The summed E-state index contributed by atoms with van der Waals surface area (Å²) in [4.78, 5) is 22.9. The molecule has 0 saturated carbocycles. The largest absolute Gasteiger partial charge is 0.467 e. The maximum atomic E-state index is 11.5. The molecule has 0 bridgehead atoms. The van der Waals surface area contributed by atoms with Gasteiger partial charge in [-0.3, -0.25) is 4.79 Å². The molecule has 0 aliphatic carbocycles.